The lowest BCUT2D eigenvalue weighted by molar-refractivity contribution is -0.125. The standard InChI is InChI=1S/C15H11ClF2N2O2/c1-8-15(21)20(7-9-2-11(17)5-12(18)3-9)13-4-10(16)6-19-14(13)22-8/h2-6,8H,7H2,1H3. The van der Waals surface area contributed by atoms with Crippen LogP contribution in [0, 0.1) is 11.6 Å². The quantitative estimate of drug-likeness (QED) is 0.851. The number of benzene rings is 1. The lowest BCUT2D eigenvalue weighted by Crippen LogP contribution is -2.44. The van der Waals surface area contributed by atoms with E-state index in [4.69, 9.17) is 16.3 Å². The Labute approximate surface area is 130 Å². The molecule has 0 radical (unpaired) electrons. The first kappa shape index (κ1) is 14.7. The van der Waals surface area contributed by atoms with Gasteiger partial charge >= 0.3 is 0 Å². The van der Waals surface area contributed by atoms with Gasteiger partial charge in [-0.2, -0.15) is 0 Å². The fraction of sp³-hybridized carbons (Fsp3) is 0.200. The number of pyridine rings is 1. The molecule has 1 unspecified atom stereocenters. The van der Waals surface area contributed by atoms with Crippen LogP contribution < -0.4 is 9.64 Å². The lowest BCUT2D eigenvalue weighted by Gasteiger charge is -2.32. The molecule has 1 aliphatic heterocycles. The van der Waals surface area contributed by atoms with Gasteiger partial charge in [0.25, 0.3) is 5.91 Å². The third kappa shape index (κ3) is 2.74. The van der Waals surface area contributed by atoms with Crippen LogP contribution in [-0.4, -0.2) is 17.0 Å². The molecule has 2 aromatic rings. The molecule has 0 N–H and O–H groups in total. The fourth-order valence-electron chi connectivity index (χ4n) is 2.30. The average Bonchev–Trinajstić information content (AvgIpc) is 2.44. The van der Waals surface area contributed by atoms with Gasteiger partial charge in [0.1, 0.15) is 17.3 Å². The highest BCUT2D eigenvalue weighted by Gasteiger charge is 2.32. The van der Waals surface area contributed by atoms with Crippen LogP contribution in [0.15, 0.2) is 30.5 Å². The van der Waals surface area contributed by atoms with Gasteiger partial charge in [-0.3, -0.25) is 9.69 Å². The number of carbonyl (C=O) groups excluding carboxylic acids is 1. The van der Waals surface area contributed by atoms with Crippen LogP contribution in [0.3, 0.4) is 0 Å². The monoisotopic (exact) mass is 324 g/mol. The number of nitrogens with zero attached hydrogens (tertiary/aromatic N) is 2. The van der Waals surface area contributed by atoms with Crippen LogP contribution in [-0.2, 0) is 11.3 Å². The second-order valence-corrected chi connectivity index (χ2v) is 5.38. The highest BCUT2D eigenvalue weighted by molar-refractivity contribution is 6.30. The summed E-state index contributed by atoms with van der Waals surface area (Å²) in [5, 5.41) is 0.333. The summed E-state index contributed by atoms with van der Waals surface area (Å²) in [6.45, 7) is 1.58. The molecule has 1 aromatic heterocycles. The van der Waals surface area contributed by atoms with Crippen molar-refractivity contribution in [2.75, 3.05) is 4.90 Å². The zero-order chi connectivity index (χ0) is 15.9. The summed E-state index contributed by atoms with van der Waals surface area (Å²) in [5.41, 5.74) is 0.700. The number of hydrogen-bond acceptors (Lipinski definition) is 3. The second-order valence-electron chi connectivity index (χ2n) is 4.94. The predicted octanol–water partition coefficient (Wildman–Crippen LogP) is 3.33. The van der Waals surface area contributed by atoms with Crippen molar-refractivity contribution in [1.82, 2.24) is 4.98 Å². The van der Waals surface area contributed by atoms with Gasteiger partial charge in [-0.25, -0.2) is 13.8 Å². The maximum Gasteiger partial charge on any atom is 0.268 e. The molecule has 0 bridgehead atoms. The van der Waals surface area contributed by atoms with Crippen molar-refractivity contribution in [3.63, 3.8) is 0 Å². The number of rotatable bonds is 2. The molecule has 2 heterocycles. The minimum Gasteiger partial charge on any atom is -0.463 e. The highest BCUT2D eigenvalue weighted by Crippen LogP contribution is 2.35. The molecular weight excluding hydrogens is 314 g/mol. The Kier molecular flexibility index (Phi) is 3.70. The Balaban J connectivity index is 2.01. The normalized spacial score (nSPS) is 17.2. The van der Waals surface area contributed by atoms with E-state index in [-0.39, 0.29) is 18.3 Å². The Morgan fingerprint density at radius 2 is 1.95 bits per heavy atom. The molecule has 1 aromatic carbocycles. The Morgan fingerprint density at radius 3 is 2.64 bits per heavy atom. The van der Waals surface area contributed by atoms with E-state index in [1.165, 1.54) is 29.3 Å². The summed E-state index contributed by atoms with van der Waals surface area (Å²) in [6, 6.07) is 4.66. The van der Waals surface area contributed by atoms with Crippen LogP contribution in [0.2, 0.25) is 5.02 Å². The van der Waals surface area contributed by atoms with Gasteiger partial charge < -0.3 is 4.74 Å². The number of fused-ring (bicyclic) bond motifs is 1. The molecule has 0 fully saturated rings. The van der Waals surface area contributed by atoms with E-state index in [2.05, 4.69) is 4.98 Å². The average molecular weight is 325 g/mol. The Morgan fingerprint density at radius 1 is 1.27 bits per heavy atom. The van der Waals surface area contributed by atoms with Gasteiger partial charge in [-0.1, -0.05) is 11.6 Å². The lowest BCUT2D eigenvalue weighted by atomic mass is 10.1. The van der Waals surface area contributed by atoms with Crippen molar-refractivity contribution in [2.45, 2.75) is 19.6 Å². The van der Waals surface area contributed by atoms with Crippen LogP contribution in [0.1, 0.15) is 12.5 Å². The van der Waals surface area contributed by atoms with Crippen molar-refractivity contribution in [2.24, 2.45) is 0 Å². The molecule has 3 rings (SSSR count). The molecule has 4 nitrogen and oxygen atoms in total. The van der Waals surface area contributed by atoms with E-state index in [1.54, 1.807) is 6.92 Å². The summed E-state index contributed by atoms with van der Waals surface area (Å²) >= 11 is 5.90. The summed E-state index contributed by atoms with van der Waals surface area (Å²) in [4.78, 5) is 17.7. The molecule has 1 aliphatic rings. The Hall–Kier alpha value is -2.21. The SMILES string of the molecule is CC1Oc2ncc(Cl)cc2N(Cc2cc(F)cc(F)c2)C1=O. The second kappa shape index (κ2) is 5.53. The van der Waals surface area contributed by atoms with Gasteiger partial charge in [0.15, 0.2) is 6.10 Å². The van der Waals surface area contributed by atoms with Crippen LogP contribution >= 0.6 is 11.6 Å². The van der Waals surface area contributed by atoms with E-state index >= 15 is 0 Å². The fourth-order valence-corrected chi connectivity index (χ4v) is 2.46. The first-order valence-corrected chi connectivity index (χ1v) is 6.90. The zero-order valence-electron chi connectivity index (χ0n) is 11.5. The molecule has 0 aliphatic carbocycles. The van der Waals surface area contributed by atoms with Crippen molar-refractivity contribution in [3.8, 4) is 5.88 Å². The molecule has 0 saturated heterocycles. The smallest absolute Gasteiger partial charge is 0.268 e. The topological polar surface area (TPSA) is 42.4 Å². The molecule has 7 heteroatoms. The first-order chi connectivity index (χ1) is 10.4. The van der Waals surface area contributed by atoms with E-state index in [0.717, 1.165) is 6.07 Å². The number of carbonyl (C=O) groups is 1. The highest BCUT2D eigenvalue weighted by atomic mass is 35.5. The van der Waals surface area contributed by atoms with Gasteiger partial charge in [-0.15, -0.1) is 0 Å². The van der Waals surface area contributed by atoms with Crippen molar-refractivity contribution < 1.29 is 18.3 Å². The minimum atomic E-state index is -0.736. The van der Waals surface area contributed by atoms with Crippen molar-refractivity contribution >= 4 is 23.2 Å². The summed E-state index contributed by atoms with van der Waals surface area (Å²) in [5.74, 6) is -1.48. The molecule has 22 heavy (non-hydrogen) atoms. The minimum absolute atomic E-state index is 0.00373. The molecule has 0 saturated carbocycles. The predicted molar refractivity (Wildman–Crippen MR) is 76.9 cm³/mol. The third-order valence-corrected chi connectivity index (χ3v) is 3.46. The van der Waals surface area contributed by atoms with E-state index in [1.807, 2.05) is 0 Å². The number of halogens is 3. The largest absolute Gasteiger partial charge is 0.463 e. The number of aromatic nitrogens is 1. The van der Waals surface area contributed by atoms with E-state index < -0.39 is 17.7 Å². The van der Waals surface area contributed by atoms with Crippen molar-refractivity contribution in [1.29, 1.82) is 0 Å². The molecule has 114 valence electrons. The molecule has 0 spiro atoms. The van der Waals surface area contributed by atoms with Gasteiger partial charge in [-0.05, 0) is 30.7 Å². The first-order valence-electron chi connectivity index (χ1n) is 6.52. The summed E-state index contributed by atoms with van der Waals surface area (Å²) in [6.07, 6.45) is 0.669. The van der Waals surface area contributed by atoms with Gasteiger partial charge in [0, 0.05) is 12.3 Å². The molecule has 1 atom stereocenters. The number of ether oxygens (including phenoxy) is 1. The summed E-state index contributed by atoms with van der Waals surface area (Å²) < 4.78 is 32.0. The van der Waals surface area contributed by atoms with Crippen LogP contribution in [0.5, 0.6) is 5.88 Å². The zero-order valence-corrected chi connectivity index (χ0v) is 12.3. The maximum absolute atomic E-state index is 13.3. The van der Waals surface area contributed by atoms with E-state index in [0.29, 0.717) is 16.3 Å². The Bertz CT molecular complexity index is 734. The molecule has 1 amide bonds. The summed E-state index contributed by atoms with van der Waals surface area (Å²) in [7, 11) is 0. The maximum atomic E-state index is 13.3. The van der Waals surface area contributed by atoms with Crippen molar-refractivity contribution in [3.05, 3.63) is 52.7 Å². The molecular formula is C15H11ClF2N2O2. The van der Waals surface area contributed by atoms with Gasteiger partial charge in [0.05, 0.1) is 11.6 Å². The number of anilines is 1. The van der Waals surface area contributed by atoms with Crippen LogP contribution in [0.25, 0.3) is 0 Å². The number of hydrogen-bond donors (Lipinski definition) is 0. The third-order valence-electron chi connectivity index (χ3n) is 3.25. The number of amides is 1. The van der Waals surface area contributed by atoms with E-state index in [9.17, 15) is 13.6 Å². The van der Waals surface area contributed by atoms with Crippen LogP contribution in [0.4, 0.5) is 14.5 Å². The van der Waals surface area contributed by atoms with Gasteiger partial charge in [0.2, 0.25) is 5.88 Å².